The van der Waals surface area contributed by atoms with Crippen LogP contribution in [0.3, 0.4) is 0 Å². The molecule has 4 rings (SSSR count). The molecule has 0 amide bonds. The van der Waals surface area contributed by atoms with E-state index in [0.29, 0.717) is 17.8 Å². The molecule has 1 unspecified atom stereocenters. The van der Waals surface area contributed by atoms with Crippen molar-refractivity contribution in [1.82, 2.24) is 14.7 Å². The lowest BCUT2D eigenvalue weighted by atomic mass is 10.2. The number of benzene rings is 1. The second-order valence-electron chi connectivity index (χ2n) is 8.59. The number of hydrogen-bond acceptors (Lipinski definition) is 5. The molecule has 28 heavy (non-hydrogen) atoms. The van der Waals surface area contributed by atoms with Gasteiger partial charge >= 0.3 is 0 Å². The van der Waals surface area contributed by atoms with Gasteiger partial charge in [-0.15, -0.1) is 0 Å². The highest BCUT2D eigenvalue weighted by Gasteiger charge is 2.33. The van der Waals surface area contributed by atoms with Gasteiger partial charge in [-0.1, -0.05) is 19.8 Å². The van der Waals surface area contributed by atoms with Gasteiger partial charge in [-0.25, -0.2) is 4.39 Å². The lowest BCUT2D eigenvalue weighted by Gasteiger charge is -2.46. The fourth-order valence-electron chi connectivity index (χ4n) is 5.30. The number of anilines is 1. The second kappa shape index (κ2) is 8.97. The number of hydrogen-bond donors (Lipinski definition) is 0. The predicted molar refractivity (Wildman–Crippen MR) is 111 cm³/mol. The summed E-state index contributed by atoms with van der Waals surface area (Å²) >= 11 is 0. The summed E-state index contributed by atoms with van der Waals surface area (Å²) in [4.78, 5) is 10.1. The Morgan fingerprint density at radius 2 is 1.89 bits per heavy atom. The van der Waals surface area contributed by atoms with E-state index in [4.69, 9.17) is 4.74 Å². The molecule has 2 heterocycles. The van der Waals surface area contributed by atoms with E-state index in [0.717, 1.165) is 38.8 Å². The van der Waals surface area contributed by atoms with E-state index in [1.165, 1.54) is 52.2 Å². The SMILES string of the molecule is CCN1CCCC1CN1CN(c2ccc(OC)c(F)c2)CN(C2CCCC2)C1. The van der Waals surface area contributed by atoms with Gasteiger partial charge in [0.25, 0.3) is 0 Å². The lowest BCUT2D eigenvalue weighted by molar-refractivity contribution is 0.0401. The summed E-state index contributed by atoms with van der Waals surface area (Å²) < 4.78 is 19.4. The van der Waals surface area contributed by atoms with Gasteiger partial charge in [0, 0.05) is 30.4 Å². The van der Waals surface area contributed by atoms with Crippen molar-refractivity contribution in [1.29, 1.82) is 0 Å². The molecule has 2 saturated heterocycles. The first-order valence-electron chi connectivity index (χ1n) is 11.0. The molecule has 1 aromatic rings. The van der Waals surface area contributed by atoms with Crippen molar-refractivity contribution < 1.29 is 9.13 Å². The lowest BCUT2D eigenvalue weighted by Crippen LogP contribution is -2.59. The van der Waals surface area contributed by atoms with Crippen molar-refractivity contribution >= 4 is 5.69 Å². The fourth-order valence-corrected chi connectivity index (χ4v) is 5.30. The zero-order chi connectivity index (χ0) is 19.5. The Morgan fingerprint density at radius 1 is 1.07 bits per heavy atom. The van der Waals surface area contributed by atoms with Gasteiger partial charge in [0.1, 0.15) is 0 Å². The number of halogens is 1. The van der Waals surface area contributed by atoms with E-state index >= 15 is 0 Å². The number of rotatable bonds is 6. The van der Waals surface area contributed by atoms with Gasteiger partial charge in [-0.05, 0) is 50.9 Å². The zero-order valence-corrected chi connectivity index (χ0v) is 17.4. The third-order valence-corrected chi connectivity index (χ3v) is 6.82. The Morgan fingerprint density at radius 3 is 2.61 bits per heavy atom. The van der Waals surface area contributed by atoms with Crippen LogP contribution in [0.4, 0.5) is 10.1 Å². The molecule has 1 aromatic carbocycles. The van der Waals surface area contributed by atoms with Crippen LogP contribution >= 0.6 is 0 Å². The van der Waals surface area contributed by atoms with Crippen LogP contribution < -0.4 is 9.64 Å². The minimum Gasteiger partial charge on any atom is -0.494 e. The molecule has 1 aliphatic carbocycles. The van der Waals surface area contributed by atoms with Crippen molar-refractivity contribution in [3.05, 3.63) is 24.0 Å². The van der Waals surface area contributed by atoms with Gasteiger partial charge < -0.3 is 9.64 Å². The molecular weight excluding hydrogens is 355 g/mol. The molecule has 0 bridgehead atoms. The van der Waals surface area contributed by atoms with E-state index < -0.39 is 0 Å². The van der Waals surface area contributed by atoms with Crippen molar-refractivity contribution in [3.8, 4) is 5.75 Å². The van der Waals surface area contributed by atoms with Crippen molar-refractivity contribution in [2.24, 2.45) is 0 Å². The molecule has 5 nitrogen and oxygen atoms in total. The first-order valence-corrected chi connectivity index (χ1v) is 11.0. The number of nitrogens with zero attached hydrogens (tertiary/aromatic N) is 4. The summed E-state index contributed by atoms with van der Waals surface area (Å²) in [5, 5.41) is 0. The maximum atomic E-state index is 14.3. The predicted octanol–water partition coefficient (Wildman–Crippen LogP) is 3.56. The highest BCUT2D eigenvalue weighted by atomic mass is 19.1. The zero-order valence-electron chi connectivity index (χ0n) is 17.4. The molecule has 2 aliphatic heterocycles. The molecule has 6 heteroatoms. The van der Waals surface area contributed by atoms with E-state index in [1.54, 1.807) is 12.1 Å². The van der Waals surface area contributed by atoms with Gasteiger partial charge in [-0.2, -0.15) is 0 Å². The number of likely N-dealkylation sites (N-methyl/N-ethyl adjacent to an activating group) is 1. The van der Waals surface area contributed by atoms with Crippen LogP contribution in [-0.2, 0) is 0 Å². The molecular formula is C22H35FN4O. The molecule has 0 aromatic heterocycles. The van der Waals surface area contributed by atoms with E-state index in [2.05, 4.69) is 26.5 Å². The average molecular weight is 391 g/mol. The minimum absolute atomic E-state index is 0.280. The van der Waals surface area contributed by atoms with Crippen LogP contribution in [0.15, 0.2) is 18.2 Å². The average Bonchev–Trinajstić information content (AvgIpc) is 3.39. The van der Waals surface area contributed by atoms with Crippen LogP contribution in [0, 0.1) is 5.82 Å². The number of methoxy groups -OCH3 is 1. The van der Waals surface area contributed by atoms with Crippen molar-refractivity contribution in [2.45, 2.75) is 57.5 Å². The highest BCUT2D eigenvalue weighted by Crippen LogP contribution is 2.30. The molecule has 0 spiro atoms. The maximum Gasteiger partial charge on any atom is 0.167 e. The van der Waals surface area contributed by atoms with Crippen LogP contribution in [0.5, 0.6) is 5.75 Å². The topological polar surface area (TPSA) is 22.2 Å². The second-order valence-corrected chi connectivity index (χ2v) is 8.59. The molecule has 0 N–H and O–H groups in total. The van der Waals surface area contributed by atoms with Gasteiger partial charge in [0.05, 0.1) is 27.1 Å². The largest absolute Gasteiger partial charge is 0.494 e. The molecule has 156 valence electrons. The summed E-state index contributed by atoms with van der Waals surface area (Å²) in [6.07, 6.45) is 7.87. The van der Waals surface area contributed by atoms with Crippen LogP contribution in [0.25, 0.3) is 0 Å². The van der Waals surface area contributed by atoms with Crippen molar-refractivity contribution in [2.75, 3.05) is 51.7 Å². The van der Waals surface area contributed by atoms with Crippen molar-refractivity contribution in [3.63, 3.8) is 0 Å². The Hall–Kier alpha value is -1.37. The minimum atomic E-state index is -0.280. The quantitative estimate of drug-likeness (QED) is 0.739. The van der Waals surface area contributed by atoms with E-state index in [9.17, 15) is 4.39 Å². The fraction of sp³-hybridized carbons (Fsp3) is 0.727. The summed E-state index contributed by atoms with van der Waals surface area (Å²) in [7, 11) is 1.52. The molecule has 1 saturated carbocycles. The first kappa shape index (κ1) is 19.9. The van der Waals surface area contributed by atoms with Crippen LogP contribution in [-0.4, -0.2) is 73.5 Å². The van der Waals surface area contributed by atoms with E-state index in [1.807, 2.05) is 6.07 Å². The third-order valence-electron chi connectivity index (χ3n) is 6.82. The maximum absolute atomic E-state index is 14.3. The van der Waals surface area contributed by atoms with Crippen LogP contribution in [0.1, 0.15) is 45.4 Å². The van der Waals surface area contributed by atoms with Gasteiger partial charge in [-0.3, -0.25) is 14.7 Å². The number of likely N-dealkylation sites (tertiary alicyclic amines) is 1. The monoisotopic (exact) mass is 390 g/mol. The molecule has 0 radical (unpaired) electrons. The molecule has 3 fully saturated rings. The number of ether oxygens (including phenoxy) is 1. The summed E-state index contributed by atoms with van der Waals surface area (Å²) in [5.41, 5.74) is 0.949. The van der Waals surface area contributed by atoms with E-state index in [-0.39, 0.29) is 5.82 Å². The van der Waals surface area contributed by atoms with Gasteiger partial charge in [0.2, 0.25) is 0 Å². The first-order chi connectivity index (χ1) is 13.7. The highest BCUT2D eigenvalue weighted by molar-refractivity contribution is 5.50. The van der Waals surface area contributed by atoms with Crippen LogP contribution in [0.2, 0.25) is 0 Å². The Balaban J connectivity index is 1.51. The third kappa shape index (κ3) is 4.29. The molecule has 1 atom stereocenters. The Labute approximate surface area is 169 Å². The normalized spacial score (nSPS) is 25.7. The smallest absolute Gasteiger partial charge is 0.167 e. The standard InChI is InChI=1S/C22H35FN4O/c1-3-25-12-6-9-20(25)14-24-15-26(18-7-4-5-8-18)17-27(16-24)19-10-11-22(28-2)21(23)13-19/h10-11,13,18,20H,3-9,12,14-17H2,1-2H3. The summed E-state index contributed by atoms with van der Waals surface area (Å²) in [6.45, 7) is 8.52. The summed E-state index contributed by atoms with van der Waals surface area (Å²) in [5.74, 6) is 0.0345. The Kier molecular flexibility index (Phi) is 6.38. The van der Waals surface area contributed by atoms with Gasteiger partial charge in [0.15, 0.2) is 11.6 Å². The summed E-state index contributed by atoms with van der Waals surface area (Å²) in [6, 6.07) is 6.69. The molecule has 3 aliphatic rings. The Bertz CT molecular complexity index is 651.